The highest BCUT2D eigenvalue weighted by atomic mass is 16.5. The number of ether oxygens (including phenoxy) is 2. The Hall–Kier alpha value is -1.68. The maximum Gasteiger partial charge on any atom is 0.379 e. The van der Waals surface area contributed by atoms with Gasteiger partial charge in [-0.3, -0.25) is 4.79 Å². The van der Waals surface area contributed by atoms with Crippen molar-refractivity contribution in [3.05, 3.63) is 35.9 Å². The van der Waals surface area contributed by atoms with Crippen molar-refractivity contribution in [2.45, 2.75) is 13.3 Å². The fourth-order valence-electron chi connectivity index (χ4n) is 1.24. The maximum atomic E-state index is 11.6. The summed E-state index contributed by atoms with van der Waals surface area (Å²) in [7, 11) is 0. The first-order valence-electron chi connectivity index (χ1n) is 5.60. The van der Waals surface area contributed by atoms with Crippen molar-refractivity contribution in [1.82, 2.24) is 0 Å². The molecule has 17 heavy (non-hydrogen) atoms. The van der Waals surface area contributed by atoms with Crippen LogP contribution in [0.25, 0.3) is 0 Å². The van der Waals surface area contributed by atoms with Gasteiger partial charge in [-0.1, -0.05) is 30.3 Å². The third-order valence-electron chi connectivity index (χ3n) is 2.09. The standard InChI is InChI=1S/C13H16O4/c1-2-16-9-6-10-17-13(15)12(14)11-7-4-3-5-8-11/h3-5,7-8H,2,6,9-10H2,1H3. The molecule has 0 heterocycles. The van der Waals surface area contributed by atoms with E-state index in [9.17, 15) is 9.59 Å². The second-order valence-corrected chi connectivity index (χ2v) is 3.38. The molecule has 0 atom stereocenters. The summed E-state index contributed by atoms with van der Waals surface area (Å²) >= 11 is 0. The van der Waals surface area contributed by atoms with Gasteiger partial charge in [0.1, 0.15) is 0 Å². The molecule has 0 saturated heterocycles. The molecule has 1 aromatic rings. The number of carbonyl (C=O) groups excluding carboxylic acids is 2. The van der Waals surface area contributed by atoms with Crippen LogP contribution < -0.4 is 0 Å². The molecule has 0 saturated carbocycles. The monoisotopic (exact) mass is 236 g/mol. The van der Waals surface area contributed by atoms with Crippen molar-refractivity contribution in [1.29, 1.82) is 0 Å². The molecule has 4 nitrogen and oxygen atoms in total. The molecule has 0 fully saturated rings. The number of ketones is 1. The molecule has 0 unspecified atom stereocenters. The van der Waals surface area contributed by atoms with E-state index in [4.69, 9.17) is 9.47 Å². The summed E-state index contributed by atoms with van der Waals surface area (Å²) in [6.07, 6.45) is 0.599. The maximum absolute atomic E-state index is 11.6. The van der Waals surface area contributed by atoms with E-state index >= 15 is 0 Å². The first-order chi connectivity index (χ1) is 8.25. The molecule has 0 radical (unpaired) electrons. The predicted octanol–water partition coefficient (Wildman–Crippen LogP) is 1.84. The SMILES string of the molecule is CCOCCCOC(=O)C(=O)c1ccccc1. The normalized spacial score (nSPS) is 9.94. The summed E-state index contributed by atoms with van der Waals surface area (Å²) in [4.78, 5) is 22.9. The van der Waals surface area contributed by atoms with E-state index in [1.54, 1.807) is 30.3 Å². The van der Waals surface area contributed by atoms with Gasteiger partial charge in [0.15, 0.2) is 0 Å². The van der Waals surface area contributed by atoms with Gasteiger partial charge >= 0.3 is 5.97 Å². The molecule has 4 heteroatoms. The van der Waals surface area contributed by atoms with Gasteiger partial charge in [-0.25, -0.2) is 4.79 Å². The topological polar surface area (TPSA) is 52.6 Å². The van der Waals surface area contributed by atoms with Gasteiger partial charge in [0.2, 0.25) is 0 Å². The number of hydrogen-bond acceptors (Lipinski definition) is 4. The third-order valence-corrected chi connectivity index (χ3v) is 2.09. The molecule has 0 spiro atoms. The molecule has 0 amide bonds. The molecule has 0 aromatic heterocycles. The van der Waals surface area contributed by atoms with Crippen LogP contribution in [0, 0.1) is 0 Å². The Morgan fingerprint density at radius 1 is 1.12 bits per heavy atom. The predicted molar refractivity (Wildman–Crippen MR) is 62.8 cm³/mol. The Morgan fingerprint density at radius 3 is 2.47 bits per heavy atom. The highest BCUT2D eigenvalue weighted by Crippen LogP contribution is 2.01. The van der Waals surface area contributed by atoms with Crippen molar-refractivity contribution in [2.24, 2.45) is 0 Å². The molecule has 92 valence electrons. The van der Waals surface area contributed by atoms with E-state index in [0.29, 0.717) is 25.2 Å². The van der Waals surface area contributed by atoms with E-state index < -0.39 is 11.8 Å². The molecule has 1 aromatic carbocycles. The van der Waals surface area contributed by atoms with Crippen LogP contribution in [0.4, 0.5) is 0 Å². The van der Waals surface area contributed by atoms with Gasteiger partial charge < -0.3 is 9.47 Å². The van der Waals surface area contributed by atoms with Crippen LogP contribution in [-0.2, 0) is 14.3 Å². The molecule has 0 aliphatic rings. The molecule has 0 aliphatic carbocycles. The highest BCUT2D eigenvalue weighted by molar-refractivity contribution is 6.40. The molecular weight excluding hydrogens is 220 g/mol. The molecule has 0 N–H and O–H groups in total. The Morgan fingerprint density at radius 2 is 1.82 bits per heavy atom. The quantitative estimate of drug-likeness (QED) is 0.314. The second-order valence-electron chi connectivity index (χ2n) is 3.38. The third kappa shape index (κ3) is 4.78. The number of Topliss-reactive ketones (excluding diaryl/α,β-unsaturated/α-hetero) is 1. The number of esters is 1. The van der Waals surface area contributed by atoms with Crippen LogP contribution in [0.3, 0.4) is 0 Å². The van der Waals surface area contributed by atoms with Crippen LogP contribution in [0.5, 0.6) is 0 Å². The largest absolute Gasteiger partial charge is 0.460 e. The summed E-state index contributed by atoms with van der Waals surface area (Å²) in [5, 5.41) is 0. The number of carbonyl (C=O) groups is 2. The smallest absolute Gasteiger partial charge is 0.379 e. The average Bonchev–Trinajstić information content (AvgIpc) is 2.38. The lowest BCUT2D eigenvalue weighted by molar-refractivity contribution is -0.138. The van der Waals surface area contributed by atoms with Crippen molar-refractivity contribution >= 4 is 11.8 Å². The van der Waals surface area contributed by atoms with E-state index in [-0.39, 0.29) is 6.61 Å². The fraction of sp³-hybridized carbons (Fsp3) is 0.385. The summed E-state index contributed by atoms with van der Waals surface area (Å²) in [5.74, 6) is -1.42. The van der Waals surface area contributed by atoms with Gasteiger partial charge in [0.25, 0.3) is 5.78 Å². The average molecular weight is 236 g/mol. The lowest BCUT2D eigenvalue weighted by atomic mass is 10.1. The minimum absolute atomic E-state index is 0.206. The summed E-state index contributed by atoms with van der Waals surface area (Å²) in [6, 6.07) is 8.36. The van der Waals surface area contributed by atoms with Crippen molar-refractivity contribution in [2.75, 3.05) is 19.8 Å². The Labute approximate surface area is 101 Å². The lowest BCUT2D eigenvalue weighted by Crippen LogP contribution is -2.18. The second kappa shape index (κ2) is 7.57. The zero-order chi connectivity index (χ0) is 12.5. The van der Waals surface area contributed by atoms with Crippen molar-refractivity contribution < 1.29 is 19.1 Å². The fourth-order valence-corrected chi connectivity index (χ4v) is 1.24. The van der Waals surface area contributed by atoms with E-state index in [1.807, 2.05) is 6.92 Å². The van der Waals surface area contributed by atoms with Gasteiger partial charge in [0, 0.05) is 25.2 Å². The number of rotatable bonds is 7. The summed E-state index contributed by atoms with van der Waals surface area (Å²) < 4.78 is 9.92. The minimum Gasteiger partial charge on any atom is -0.460 e. The molecule has 0 bridgehead atoms. The lowest BCUT2D eigenvalue weighted by Gasteiger charge is -2.04. The summed E-state index contributed by atoms with van der Waals surface area (Å²) in [6.45, 7) is 3.27. The zero-order valence-electron chi connectivity index (χ0n) is 9.85. The van der Waals surface area contributed by atoms with E-state index in [2.05, 4.69) is 0 Å². The van der Waals surface area contributed by atoms with Crippen molar-refractivity contribution in [3.63, 3.8) is 0 Å². The van der Waals surface area contributed by atoms with Gasteiger partial charge in [-0.2, -0.15) is 0 Å². The number of hydrogen-bond donors (Lipinski definition) is 0. The zero-order valence-corrected chi connectivity index (χ0v) is 9.85. The van der Waals surface area contributed by atoms with Gasteiger partial charge in [-0.15, -0.1) is 0 Å². The van der Waals surface area contributed by atoms with Crippen LogP contribution in [0.2, 0.25) is 0 Å². The van der Waals surface area contributed by atoms with Crippen LogP contribution >= 0.6 is 0 Å². The Balaban J connectivity index is 2.31. The van der Waals surface area contributed by atoms with Gasteiger partial charge in [0.05, 0.1) is 6.61 Å². The Kier molecular flexibility index (Phi) is 5.96. The first kappa shape index (κ1) is 13.4. The van der Waals surface area contributed by atoms with Crippen LogP contribution in [0.15, 0.2) is 30.3 Å². The minimum atomic E-state index is -0.812. The van der Waals surface area contributed by atoms with Gasteiger partial charge in [-0.05, 0) is 6.92 Å². The first-order valence-corrected chi connectivity index (χ1v) is 5.60. The van der Waals surface area contributed by atoms with Crippen LogP contribution in [-0.4, -0.2) is 31.6 Å². The van der Waals surface area contributed by atoms with Crippen molar-refractivity contribution in [3.8, 4) is 0 Å². The molecule has 0 aliphatic heterocycles. The van der Waals surface area contributed by atoms with Crippen LogP contribution in [0.1, 0.15) is 23.7 Å². The Bertz CT molecular complexity index is 359. The molecule has 1 rings (SSSR count). The number of benzene rings is 1. The van der Waals surface area contributed by atoms with E-state index in [0.717, 1.165) is 0 Å². The highest BCUT2D eigenvalue weighted by Gasteiger charge is 2.16. The molecular formula is C13H16O4. The van der Waals surface area contributed by atoms with E-state index in [1.165, 1.54) is 0 Å². The summed E-state index contributed by atoms with van der Waals surface area (Å²) in [5.41, 5.74) is 0.349.